The van der Waals surface area contributed by atoms with E-state index in [1.165, 1.54) is 24.3 Å². The van der Waals surface area contributed by atoms with Crippen LogP contribution in [-0.2, 0) is 10.2 Å². The molecule has 0 spiro atoms. The first-order valence-electron chi connectivity index (χ1n) is 9.78. The highest BCUT2D eigenvalue weighted by Crippen LogP contribution is 2.45. The summed E-state index contributed by atoms with van der Waals surface area (Å²) < 4.78 is 13.1. The van der Waals surface area contributed by atoms with Crippen molar-refractivity contribution >= 4 is 34.8 Å². The SMILES string of the molecule is O=C(Nc1ccc([C@]2(C(=O)Nc3ccc(F)cc3)C[C@@H](O)C2)cc1)c1cccc(Cl)c1. The van der Waals surface area contributed by atoms with Crippen LogP contribution in [0.15, 0.2) is 72.8 Å². The van der Waals surface area contributed by atoms with Crippen LogP contribution in [0.4, 0.5) is 15.8 Å². The molecular formula is C24H20ClFN2O3. The van der Waals surface area contributed by atoms with E-state index < -0.39 is 11.5 Å². The minimum absolute atomic E-state index is 0.264. The van der Waals surface area contributed by atoms with E-state index in [2.05, 4.69) is 10.6 Å². The van der Waals surface area contributed by atoms with Gasteiger partial charge in [0.05, 0.1) is 11.5 Å². The fourth-order valence-electron chi connectivity index (χ4n) is 3.79. The number of aliphatic hydroxyl groups excluding tert-OH is 1. The summed E-state index contributed by atoms with van der Waals surface area (Å²) in [5, 5.41) is 16.0. The minimum atomic E-state index is -0.886. The van der Waals surface area contributed by atoms with Gasteiger partial charge in [-0.3, -0.25) is 9.59 Å². The van der Waals surface area contributed by atoms with E-state index in [1.54, 1.807) is 48.5 Å². The molecule has 3 N–H and O–H groups in total. The van der Waals surface area contributed by atoms with Gasteiger partial charge in [0.25, 0.3) is 5.91 Å². The number of aliphatic hydroxyl groups is 1. The molecule has 7 heteroatoms. The summed E-state index contributed by atoms with van der Waals surface area (Å²) in [7, 11) is 0. The van der Waals surface area contributed by atoms with Gasteiger partial charge in [-0.2, -0.15) is 0 Å². The molecule has 1 saturated carbocycles. The maximum absolute atomic E-state index is 13.1. The molecule has 1 fully saturated rings. The molecule has 0 unspecified atom stereocenters. The number of halogens is 2. The molecule has 0 aliphatic heterocycles. The van der Waals surface area contributed by atoms with Gasteiger partial charge in [0.15, 0.2) is 0 Å². The Morgan fingerprint density at radius 2 is 1.55 bits per heavy atom. The van der Waals surface area contributed by atoms with E-state index >= 15 is 0 Å². The summed E-state index contributed by atoms with van der Waals surface area (Å²) in [4.78, 5) is 25.4. The third-order valence-corrected chi connectivity index (χ3v) is 5.72. The molecule has 0 bridgehead atoms. The molecule has 0 atom stereocenters. The van der Waals surface area contributed by atoms with Gasteiger partial charge in [0.2, 0.25) is 5.91 Å². The highest BCUT2D eigenvalue weighted by Gasteiger charge is 2.50. The predicted octanol–water partition coefficient (Wildman–Crippen LogP) is 4.76. The van der Waals surface area contributed by atoms with Crippen LogP contribution in [0.1, 0.15) is 28.8 Å². The van der Waals surface area contributed by atoms with Crippen molar-refractivity contribution in [2.75, 3.05) is 10.6 Å². The third-order valence-electron chi connectivity index (χ3n) is 5.49. The van der Waals surface area contributed by atoms with Gasteiger partial charge < -0.3 is 15.7 Å². The first-order valence-corrected chi connectivity index (χ1v) is 10.2. The average molecular weight is 439 g/mol. The number of anilines is 2. The van der Waals surface area contributed by atoms with Crippen molar-refractivity contribution in [3.8, 4) is 0 Å². The van der Waals surface area contributed by atoms with Crippen LogP contribution in [-0.4, -0.2) is 23.0 Å². The lowest BCUT2D eigenvalue weighted by atomic mass is 9.62. The lowest BCUT2D eigenvalue weighted by molar-refractivity contribution is -0.129. The highest BCUT2D eigenvalue weighted by molar-refractivity contribution is 6.31. The summed E-state index contributed by atoms with van der Waals surface area (Å²) in [6.07, 6.45) is 0.00357. The van der Waals surface area contributed by atoms with Crippen molar-refractivity contribution in [1.29, 1.82) is 0 Å². The first kappa shape index (κ1) is 21.0. The number of rotatable bonds is 5. The second kappa shape index (κ2) is 8.49. The van der Waals surface area contributed by atoms with Crippen LogP contribution < -0.4 is 10.6 Å². The molecule has 4 rings (SSSR count). The zero-order valence-corrected chi connectivity index (χ0v) is 17.2. The zero-order valence-electron chi connectivity index (χ0n) is 16.4. The van der Waals surface area contributed by atoms with Gasteiger partial charge in [-0.25, -0.2) is 4.39 Å². The molecule has 1 aliphatic rings. The molecular weight excluding hydrogens is 419 g/mol. The van der Waals surface area contributed by atoms with Crippen molar-refractivity contribution in [1.82, 2.24) is 0 Å². The minimum Gasteiger partial charge on any atom is -0.393 e. The molecule has 2 amide bonds. The number of benzene rings is 3. The van der Waals surface area contributed by atoms with Crippen molar-refractivity contribution in [3.05, 3.63) is 94.8 Å². The highest BCUT2D eigenvalue weighted by atomic mass is 35.5. The van der Waals surface area contributed by atoms with Crippen LogP contribution in [0, 0.1) is 5.82 Å². The van der Waals surface area contributed by atoms with Gasteiger partial charge in [0.1, 0.15) is 5.82 Å². The van der Waals surface area contributed by atoms with Gasteiger partial charge in [-0.15, -0.1) is 0 Å². The van der Waals surface area contributed by atoms with E-state index in [4.69, 9.17) is 11.6 Å². The molecule has 0 saturated heterocycles. The Labute approximate surface area is 183 Å². The molecule has 3 aromatic rings. The maximum atomic E-state index is 13.1. The lowest BCUT2D eigenvalue weighted by Gasteiger charge is -2.44. The number of hydrogen-bond donors (Lipinski definition) is 3. The molecule has 0 radical (unpaired) electrons. The van der Waals surface area contributed by atoms with Crippen LogP contribution in [0.2, 0.25) is 5.02 Å². The standard InChI is InChI=1S/C24H20ClFN2O3/c25-17-3-1-2-15(12-17)22(30)27-19-8-4-16(5-9-19)24(13-21(29)14-24)23(31)28-20-10-6-18(26)7-11-20/h1-12,21,29H,13-14H2,(H,27,30)(H,28,31)/t21-,24+. The van der Waals surface area contributed by atoms with Crippen LogP contribution in [0.3, 0.4) is 0 Å². The molecule has 0 aromatic heterocycles. The topological polar surface area (TPSA) is 78.4 Å². The Morgan fingerprint density at radius 3 is 2.16 bits per heavy atom. The summed E-state index contributed by atoms with van der Waals surface area (Å²) in [5.74, 6) is -0.944. The molecule has 158 valence electrons. The molecule has 0 heterocycles. The second-order valence-corrected chi connectivity index (χ2v) is 8.08. The van der Waals surface area contributed by atoms with Crippen molar-refractivity contribution in [3.63, 3.8) is 0 Å². The fourth-order valence-corrected chi connectivity index (χ4v) is 3.98. The van der Waals surface area contributed by atoms with Gasteiger partial charge in [-0.1, -0.05) is 29.8 Å². The van der Waals surface area contributed by atoms with Crippen LogP contribution in [0.5, 0.6) is 0 Å². The van der Waals surface area contributed by atoms with Gasteiger partial charge >= 0.3 is 0 Å². The fraction of sp³-hybridized carbons (Fsp3) is 0.167. The quantitative estimate of drug-likeness (QED) is 0.537. The second-order valence-electron chi connectivity index (χ2n) is 7.65. The van der Waals surface area contributed by atoms with E-state index in [-0.39, 0.29) is 30.5 Å². The Kier molecular flexibility index (Phi) is 5.76. The number of amides is 2. The maximum Gasteiger partial charge on any atom is 0.255 e. The molecule has 31 heavy (non-hydrogen) atoms. The Bertz CT molecular complexity index is 1110. The van der Waals surface area contributed by atoms with Crippen LogP contribution in [0.25, 0.3) is 0 Å². The largest absolute Gasteiger partial charge is 0.393 e. The number of nitrogens with one attached hydrogen (secondary N) is 2. The smallest absolute Gasteiger partial charge is 0.255 e. The third kappa shape index (κ3) is 4.45. The average Bonchev–Trinajstić information content (AvgIpc) is 2.73. The van der Waals surface area contributed by atoms with Crippen molar-refractivity contribution in [2.45, 2.75) is 24.4 Å². The molecule has 5 nitrogen and oxygen atoms in total. The normalized spacial score (nSPS) is 19.9. The summed E-state index contributed by atoms with van der Waals surface area (Å²) in [5.41, 5.74) is 1.34. The lowest BCUT2D eigenvalue weighted by Crippen LogP contribution is -2.53. The van der Waals surface area contributed by atoms with Gasteiger partial charge in [-0.05, 0) is 73.0 Å². The molecule has 1 aliphatic carbocycles. The van der Waals surface area contributed by atoms with E-state index in [9.17, 15) is 19.1 Å². The number of hydrogen-bond acceptors (Lipinski definition) is 3. The molecule has 3 aromatic carbocycles. The Balaban J connectivity index is 1.50. The van der Waals surface area contributed by atoms with Crippen molar-refractivity contribution < 1.29 is 19.1 Å². The first-order chi connectivity index (χ1) is 14.9. The van der Waals surface area contributed by atoms with E-state index in [1.807, 2.05) is 0 Å². The monoisotopic (exact) mass is 438 g/mol. The van der Waals surface area contributed by atoms with E-state index in [0.717, 1.165) is 5.56 Å². The van der Waals surface area contributed by atoms with Crippen molar-refractivity contribution in [2.24, 2.45) is 0 Å². The number of carbonyl (C=O) groups is 2. The predicted molar refractivity (Wildman–Crippen MR) is 118 cm³/mol. The zero-order chi connectivity index (χ0) is 22.0. The Morgan fingerprint density at radius 1 is 0.935 bits per heavy atom. The Hall–Kier alpha value is -3.22. The summed E-state index contributed by atoms with van der Waals surface area (Å²) in [6.45, 7) is 0. The summed E-state index contributed by atoms with van der Waals surface area (Å²) >= 11 is 5.94. The van der Waals surface area contributed by atoms with Crippen LogP contribution >= 0.6 is 11.6 Å². The number of carbonyl (C=O) groups excluding carboxylic acids is 2. The van der Waals surface area contributed by atoms with Gasteiger partial charge in [0, 0.05) is 22.0 Å². The summed E-state index contributed by atoms with van der Waals surface area (Å²) in [6, 6.07) is 19.1. The van der Waals surface area contributed by atoms with E-state index in [0.29, 0.717) is 22.0 Å².